The summed E-state index contributed by atoms with van der Waals surface area (Å²) in [6.45, 7) is 12.8. The van der Waals surface area contributed by atoms with Crippen molar-refractivity contribution in [2.75, 3.05) is 67.3 Å². The first-order valence-corrected chi connectivity index (χ1v) is 39.7. The largest absolute Gasteiger partial charge is 0.480 e. The number of halogens is 2. The van der Waals surface area contributed by atoms with Crippen LogP contribution >= 0.6 is 68.5 Å². The van der Waals surface area contributed by atoms with Crippen molar-refractivity contribution in [3.63, 3.8) is 0 Å². The van der Waals surface area contributed by atoms with Gasteiger partial charge in [0, 0.05) is 135 Å². The molecule has 10 aromatic heterocycles. The summed E-state index contributed by atoms with van der Waals surface area (Å²) in [6.07, 6.45) is 14.1. The number of fused-ring (bicyclic) bond motifs is 4. The number of nitrogens with one attached hydrogen (secondary N) is 4. The monoisotopic (exact) mass is 1660 g/mol. The summed E-state index contributed by atoms with van der Waals surface area (Å²) in [6, 6.07) is 9.09. The highest BCUT2D eigenvalue weighted by Gasteiger charge is 2.38. The average molecular weight is 1660 g/mol. The lowest BCUT2D eigenvalue weighted by atomic mass is 10.1. The van der Waals surface area contributed by atoms with Crippen molar-refractivity contribution in [3.8, 4) is 42.3 Å². The molecule has 0 saturated carbocycles. The zero-order valence-corrected chi connectivity index (χ0v) is 66.9. The van der Waals surface area contributed by atoms with Crippen LogP contribution in [0, 0.1) is 6.92 Å². The number of aliphatic hydroxyl groups is 1. The smallest absolute Gasteiger partial charge is 0.326 e. The van der Waals surface area contributed by atoms with Crippen molar-refractivity contribution in [3.05, 3.63) is 137 Å². The zero-order chi connectivity index (χ0) is 80.8. The number of carbonyl (C=O) groups excluding carboxylic acids is 4. The van der Waals surface area contributed by atoms with E-state index in [0.29, 0.717) is 136 Å². The number of anilines is 6. The second kappa shape index (κ2) is 35.4. The summed E-state index contributed by atoms with van der Waals surface area (Å²) >= 11 is 18.5. The molecule has 15 rings (SSSR count). The molecule has 40 heteroatoms. The van der Waals surface area contributed by atoms with E-state index in [9.17, 15) is 58.8 Å². The number of ether oxygens (including phenoxy) is 1. The molecule has 113 heavy (non-hydrogen) atoms. The molecule has 15 heterocycles. The van der Waals surface area contributed by atoms with E-state index in [0.717, 1.165) is 83.1 Å². The Labute approximate surface area is 671 Å². The van der Waals surface area contributed by atoms with Crippen molar-refractivity contribution >= 4 is 151 Å². The lowest BCUT2D eigenvalue weighted by molar-refractivity contribution is -0.142. The van der Waals surface area contributed by atoms with E-state index in [4.69, 9.17) is 38.0 Å². The van der Waals surface area contributed by atoms with Crippen molar-refractivity contribution in [2.45, 2.75) is 116 Å². The maximum absolute atomic E-state index is 12.8. The van der Waals surface area contributed by atoms with E-state index in [-0.39, 0.29) is 36.3 Å². The molecular weight excluding hydrogens is 1580 g/mol. The Morgan fingerprint density at radius 2 is 0.876 bits per heavy atom. The topological polar surface area (TPSA) is 447 Å². The molecule has 0 aromatic carbocycles. The molecule has 592 valence electrons. The number of hydrogen-bond acceptors (Lipinski definition) is 28. The van der Waals surface area contributed by atoms with E-state index in [1.54, 1.807) is 96.7 Å². The third-order valence-corrected chi connectivity index (χ3v) is 24.6. The summed E-state index contributed by atoms with van der Waals surface area (Å²) < 4.78 is 8.72. The summed E-state index contributed by atoms with van der Waals surface area (Å²) in [5, 5.41) is 67.5. The van der Waals surface area contributed by atoms with Crippen LogP contribution in [0.25, 0.3) is 42.3 Å². The fraction of sp³-hybridized carbons (Fsp3) is 0.370. The average Bonchev–Trinajstić information content (AvgIpc) is 1.65. The summed E-state index contributed by atoms with van der Waals surface area (Å²) in [7, 11) is 3.61. The minimum atomic E-state index is -1.03. The number of nitrogens with zero attached hydrogens (tertiary/aromatic N) is 16. The van der Waals surface area contributed by atoms with Gasteiger partial charge in [0.15, 0.2) is 0 Å². The predicted octanol–water partition coefficient (Wildman–Crippen LogP) is 9.66. The van der Waals surface area contributed by atoms with E-state index < -0.39 is 48.0 Å². The molecule has 5 aliphatic rings. The van der Waals surface area contributed by atoms with Gasteiger partial charge in [-0.15, -0.1) is 45.3 Å². The molecule has 0 bridgehead atoms. The number of carboxylic acids is 4. The van der Waals surface area contributed by atoms with Gasteiger partial charge in [-0.05, 0) is 90.3 Å². The van der Waals surface area contributed by atoms with Gasteiger partial charge in [0.05, 0.1) is 94.6 Å². The van der Waals surface area contributed by atoms with Gasteiger partial charge in [0.2, 0.25) is 23.8 Å². The number of aromatic nitrogens is 12. The van der Waals surface area contributed by atoms with Crippen LogP contribution < -0.4 is 21.3 Å². The molecule has 4 amide bonds. The molecule has 1 saturated heterocycles. The van der Waals surface area contributed by atoms with Crippen LogP contribution in [-0.4, -0.2) is 234 Å². The molecule has 10 aromatic rings. The quantitative estimate of drug-likeness (QED) is 0.0323. The summed E-state index contributed by atoms with van der Waals surface area (Å²) in [5.74, 6) is -1.95. The van der Waals surface area contributed by atoms with Crippen LogP contribution in [0.3, 0.4) is 0 Å². The molecular formula is C73H78Cl2N20O14S4. The van der Waals surface area contributed by atoms with Crippen molar-refractivity contribution in [1.82, 2.24) is 79.0 Å². The Hall–Kier alpha value is -11.0. The minimum Gasteiger partial charge on any atom is -0.480 e. The Morgan fingerprint density at radius 3 is 1.28 bits per heavy atom. The number of carboxylic acid groups (broad SMARTS) is 4. The van der Waals surface area contributed by atoms with Gasteiger partial charge in [-0.3, -0.25) is 28.5 Å². The number of carbonyl (C=O) groups is 8. The van der Waals surface area contributed by atoms with Gasteiger partial charge in [-0.2, -0.15) is 10.2 Å². The highest BCUT2D eigenvalue weighted by atomic mass is 35.5. The first kappa shape index (κ1) is 81.5. The SMILES string of the molecule is CC(C(=O)O)N1CCc2sc(-c3ccnc(Nc4ccnn4C)n3)cc2C1=O.CC(C(=O)O)N1CCc2sc(-c3nc(N[C@@H](C)CO)ncc3Cl)cc2C1=O.CC(C(=O)O)N1CCc2sc(-c3nc(Nc4ccnn4C)ncc3Cl)cc2C1=O.Cc1cnc(NC2CCOCC2)nc1-c1cc2c(s1)CCN(C(C)C(=O)O)C2=O. The number of rotatable bonds is 21. The van der Waals surface area contributed by atoms with Crippen molar-refractivity contribution < 1.29 is 68.6 Å². The van der Waals surface area contributed by atoms with Gasteiger partial charge < -0.3 is 71.1 Å². The fourth-order valence-electron chi connectivity index (χ4n) is 12.6. The standard InChI is InChI=1S/C20H24N4O4S.C18H17ClN6O3S.C18H18N6O3S.C17H19ClN4O4S/c1-11-10-21-20(22-13-4-7-28-8-5-13)23-17(11)16-9-14-15(29-16)3-6-24(18(14)25)12(2)19(26)27;1-9(17(27)28)25-6-4-12-10(16(25)26)7-13(29-12)15-11(19)8-20-18(23-15)22-14-3-5-21-24(14)2;1-10(17(26)27)24-8-5-13-11(16(24)25)9-14(28-13)12-3-6-19-18(21-12)22-15-4-7-20-23(15)2;1-8(7-23)20-17-19-6-11(18)14(21-17)13-5-10-12(27-13)3-4-22(15(10)24)9(2)16(25)26/h9-10,12-13H,3-8H2,1-2H3,(H,26,27)(H,21,22,23);3,5,7-9H,4,6H2,1-2H3,(H,27,28)(H,20,22,23);3-4,6-7,9-10H,5,8H2,1-2H3,(H,26,27)(H,19,21,22);5-6,8-9,23H,3-4,7H2,1-2H3,(H,25,26)(H,19,20,21)/t;;;8-,9?/m...0/s1. The fourth-order valence-corrected chi connectivity index (χ4v) is 17.7. The highest BCUT2D eigenvalue weighted by Crippen LogP contribution is 2.42. The molecule has 0 spiro atoms. The Kier molecular flexibility index (Phi) is 25.5. The number of thiophene rings is 4. The number of amides is 4. The minimum absolute atomic E-state index is 0.0687. The molecule has 5 atom stereocenters. The number of aliphatic carboxylic acids is 4. The van der Waals surface area contributed by atoms with Gasteiger partial charge in [0.1, 0.15) is 47.2 Å². The summed E-state index contributed by atoms with van der Waals surface area (Å²) in [5.41, 5.74) is 5.57. The third-order valence-electron chi connectivity index (χ3n) is 19.2. The van der Waals surface area contributed by atoms with Crippen LogP contribution in [0.5, 0.6) is 0 Å². The lowest BCUT2D eigenvalue weighted by Crippen LogP contribution is -2.46. The van der Waals surface area contributed by atoms with Crippen LogP contribution in [0.4, 0.5) is 35.4 Å². The first-order chi connectivity index (χ1) is 54.0. The van der Waals surface area contributed by atoms with Gasteiger partial charge >= 0.3 is 23.9 Å². The number of hydrogen-bond donors (Lipinski definition) is 9. The molecule has 0 radical (unpaired) electrons. The van der Waals surface area contributed by atoms with E-state index in [1.807, 2.05) is 26.1 Å². The van der Waals surface area contributed by atoms with E-state index in [2.05, 4.69) is 66.4 Å². The van der Waals surface area contributed by atoms with Gasteiger partial charge in [0.25, 0.3) is 23.6 Å². The highest BCUT2D eigenvalue weighted by molar-refractivity contribution is 7.17. The maximum atomic E-state index is 12.8. The van der Waals surface area contributed by atoms with E-state index in [1.165, 1.54) is 86.8 Å². The Balaban J connectivity index is 0.000000140. The Bertz CT molecular complexity index is 5270. The normalized spacial score (nSPS) is 15.9. The molecule has 4 unspecified atom stereocenters. The predicted molar refractivity (Wildman–Crippen MR) is 424 cm³/mol. The maximum Gasteiger partial charge on any atom is 0.326 e. The Morgan fingerprint density at radius 1 is 0.504 bits per heavy atom. The van der Waals surface area contributed by atoms with Crippen molar-refractivity contribution in [2.24, 2.45) is 14.1 Å². The third kappa shape index (κ3) is 18.4. The van der Waals surface area contributed by atoms with Crippen LogP contribution in [0.15, 0.2) is 79.6 Å². The van der Waals surface area contributed by atoms with Crippen molar-refractivity contribution in [1.29, 1.82) is 0 Å². The molecule has 1 fully saturated rings. The van der Waals surface area contributed by atoms with Crippen LogP contribution in [0.1, 0.15) is 114 Å². The van der Waals surface area contributed by atoms with Gasteiger partial charge in [-0.25, -0.2) is 59.0 Å². The second-order valence-corrected chi connectivity index (χ2v) is 32.2. The number of aliphatic hydroxyl groups excluding tert-OH is 1. The second-order valence-electron chi connectivity index (χ2n) is 26.8. The van der Waals surface area contributed by atoms with E-state index >= 15 is 0 Å². The molecule has 9 N–H and O–H groups in total. The summed E-state index contributed by atoms with van der Waals surface area (Å²) in [4.78, 5) is 144. The van der Waals surface area contributed by atoms with Gasteiger partial charge in [-0.1, -0.05) is 23.2 Å². The van der Waals surface area contributed by atoms with Crippen LogP contribution in [0.2, 0.25) is 10.0 Å². The lowest BCUT2D eigenvalue weighted by Gasteiger charge is -2.29. The molecule has 0 aliphatic carbocycles. The molecule has 5 aliphatic heterocycles. The molecule has 34 nitrogen and oxygen atoms in total. The van der Waals surface area contributed by atoms with Crippen LogP contribution in [-0.2, 0) is 63.7 Å². The first-order valence-electron chi connectivity index (χ1n) is 35.6. The number of aryl methyl sites for hydroxylation is 3. The zero-order valence-electron chi connectivity index (χ0n) is 62.1.